The first-order chi connectivity index (χ1) is 13.4. The normalized spacial score (nSPS) is 16.1. The van der Waals surface area contributed by atoms with Crippen LogP contribution in [0.5, 0.6) is 0 Å². The minimum Gasteiger partial charge on any atom is -0.309 e. The molecule has 1 aliphatic rings. The van der Waals surface area contributed by atoms with Crippen molar-refractivity contribution in [2.45, 2.75) is 36.6 Å². The van der Waals surface area contributed by atoms with Crippen LogP contribution in [-0.2, 0) is 27.6 Å². The number of anilines is 1. The van der Waals surface area contributed by atoms with Gasteiger partial charge in [-0.25, -0.2) is 8.42 Å². The van der Waals surface area contributed by atoms with Crippen molar-refractivity contribution in [2.24, 2.45) is 0 Å². The number of sulfone groups is 1. The fourth-order valence-electron chi connectivity index (χ4n) is 3.28. The monoisotopic (exact) mass is 416 g/mol. The predicted octanol–water partition coefficient (Wildman–Crippen LogP) is 2.93. The maximum atomic E-state index is 13.2. The Hall–Kier alpha value is -2.49. The molecule has 1 atom stereocenters. The second-order valence-corrected chi connectivity index (χ2v) is 9.78. The summed E-state index contributed by atoms with van der Waals surface area (Å²) in [6.45, 7) is 2.20. The quantitative estimate of drug-likeness (QED) is 0.573. The number of amides is 1. The van der Waals surface area contributed by atoms with Gasteiger partial charge in [-0.2, -0.15) is 5.10 Å². The second-order valence-electron chi connectivity index (χ2n) is 6.71. The molecule has 146 valence electrons. The van der Waals surface area contributed by atoms with Gasteiger partial charge in [0.15, 0.2) is 15.7 Å². The molecule has 1 aliphatic heterocycles. The lowest BCUT2D eigenvalue weighted by Crippen LogP contribution is -2.24. The highest BCUT2D eigenvalue weighted by atomic mass is 32.2. The van der Waals surface area contributed by atoms with Gasteiger partial charge in [-0.05, 0) is 42.5 Å². The highest BCUT2D eigenvalue weighted by molar-refractivity contribution is 7.91. The predicted molar refractivity (Wildman–Crippen MR) is 108 cm³/mol. The molecule has 0 bridgehead atoms. The standard InChI is InChI=1S/C19H20N4O3S2/c1-12-4-2-6-14(10-12)28(25,26)19-17-15(11-20-19)22-23-18(17)21-16(24)8-7-13-5-3-9-27-13/h2-6,9-10,19-20H,7-8,11H2,1H3,(H2,21,22,23,24). The van der Waals surface area contributed by atoms with Crippen LogP contribution in [-0.4, -0.2) is 24.5 Å². The molecule has 4 rings (SSSR count). The van der Waals surface area contributed by atoms with E-state index in [4.69, 9.17) is 0 Å². The highest BCUT2D eigenvalue weighted by Crippen LogP contribution is 2.37. The number of nitrogens with zero attached hydrogens (tertiary/aromatic N) is 1. The van der Waals surface area contributed by atoms with Crippen molar-refractivity contribution in [1.82, 2.24) is 15.5 Å². The number of carbonyl (C=O) groups is 1. The van der Waals surface area contributed by atoms with E-state index < -0.39 is 15.2 Å². The minimum absolute atomic E-state index is 0.193. The van der Waals surface area contributed by atoms with Crippen molar-refractivity contribution in [3.8, 4) is 0 Å². The molecule has 2 aromatic heterocycles. The molecular weight excluding hydrogens is 396 g/mol. The molecule has 0 radical (unpaired) electrons. The zero-order valence-corrected chi connectivity index (χ0v) is 16.9. The Kier molecular flexibility index (Phi) is 5.05. The maximum Gasteiger partial charge on any atom is 0.225 e. The van der Waals surface area contributed by atoms with Crippen LogP contribution in [0.4, 0.5) is 5.82 Å². The topological polar surface area (TPSA) is 104 Å². The van der Waals surface area contributed by atoms with Crippen molar-refractivity contribution in [1.29, 1.82) is 0 Å². The molecular formula is C19H20N4O3S2. The zero-order chi connectivity index (χ0) is 19.7. The number of fused-ring (bicyclic) bond motifs is 1. The number of benzene rings is 1. The summed E-state index contributed by atoms with van der Waals surface area (Å²) < 4.78 is 26.3. The first-order valence-corrected chi connectivity index (χ1v) is 11.3. The maximum absolute atomic E-state index is 13.2. The Morgan fingerprint density at radius 2 is 2.18 bits per heavy atom. The average Bonchev–Trinajstić information content (AvgIpc) is 3.39. The number of hydrogen-bond acceptors (Lipinski definition) is 6. The van der Waals surface area contributed by atoms with Crippen LogP contribution in [0.1, 0.15) is 33.5 Å². The molecule has 0 saturated heterocycles. The summed E-state index contributed by atoms with van der Waals surface area (Å²) in [6.07, 6.45) is 0.949. The summed E-state index contributed by atoms with van der Waals surface area (Å²) in [5, 5.41) is 13.8. The number of thiophene rings is 1. The van der Waals surface area contributed by atoms with Crippen molar-refractivity contribution < 1.29 is 13.2 Å². The average molecular weight is 417 g/mol. The zero-order valence-electron chi connectivity index (χ0n) is 15.2. The Morgan fingerprint density at radius 3 is 2.93 bits per heavy atom. The van der Waals surface area contributed by atoms with Gasteiger partial charge in [0.05, 0.1) is 16.2 Å². The Bertz CT molecular complexity index is 1100. The number of hydrogen-bond donors (Lipinski definition) is 3. The molecule has 1 aromatic carbocycles. The third-order valence-corrected chi connectivity index (χ3v) is 7.54. The summed E-state index contributed by atoms with van der Waals surface area (Å²) in [5.41, 5.74) is 2.04. The molecule has 3 N–H and O–H groups in total. The third kappa shape index (κ3) is 3.60. The number of carbonyl (C=O) groups excluding carboxylic acids is 1. The van der Waals surface area contributed by atoms with Crippen LogP contribution in [0.25, 0.3) is 0 Å². The molecule has 1 unspecified atom stereocenters. The Morgan fingerprint density at radius 1 is 1.32 bits per heavy atom. The van der Waals surface area contributed by atoms with Gasteiger partial charge in [0, 0.05) is 17.8 Å². The number of nitrogens with one attached hydrogen (secondary N) is 3. The first kappa shape index (κ1) is 18.9. The SMILES string of the molecule is Cc1cccc(S(=O)(=O)C2NCc3[nH]nc(NC(=O)CCc4cccs4)c32)c1. The van der Waals surface area contributed by atoms with E-state index in [0.717, 1.165) is 10.4 Å². The van der Waals surface area contributed by atoms with Gasteiger partial charge >= 0.3 is 0 Å². The molecule has 0 fully saturated rings. The van der Waals surface area contributed by atoms with Crippen LogP contribution < -0.4 is 10.6 Å². The fraction of sp³-hybridized carbons (Fsp3) is 0.263. The number of rotatable bonds is 6. The Labute approximate surface area is 167 Å². The van der Waals surface area contributed by atoms with Gasteiger partial charge in [-0.15, -0.1) is 11.3 Å². The molecule has 0 saturated carbocycles. The number of aromatic amines is 1. The Balaban J connectivity index is 1.55. The lowest BCUT2D eigenvalue weighted by Gasteiger charge is -2.15. The van der Waals surface area contributed by atoms with Crippen LogP contribution in [0.15, 0.2) is 46.7 Å². The van der Waals surface area contributed by atoms with Crippen LogP contribution in [0.2, 0.25) is 0 Å². The van der Waals surface area contributed by atoms with E-state index in [0.29, 0.717) is 30.6 Å². The molecule has 3 aromatic rings. The minimum atomic E-state index is -3.67. The molecule has 1 amide bonds. The van der Waals surface area contributed by atoms with Crippen molar-refractivity contribution in [3.63, 3.8) is 0 Å². The fourth-order valence-corrected chi connectivity index (χ4v) is 5.74. The summed E-state index contributed by atoms with van der Waals surface area (Å²) in [7, 11) is -3.67. The van der Waals surface area contributed by atoms with E-state index in [2.05, 4.69) is 20.8 Å². The lowest BCUT2D eigenvalue weighted by atomic mass is 10.2. The van der Waals surface area contributed by atoms with Gasteiger partial charge in [0.2, 0.25) is 5.91 Å². The van der Waals surface area contributed by atoms with Gasteiger partial charge in [-0.3, -0.25) is 15.2 Å². The smallest absolute Gasteiger partial charge is 0.225 e. The summed E-state index contributed by atoms with van der Waals surface area (Å²) in [5.74, 6) is 0.0821. The largest absolute Gasteiger partial charge is 0.309 e. The van der Waals surface area contributed by atoms with Gasteiger partial charge in [0.25, 0.3) is 0 Å². The number of H-pyrrole nitrogens is 1. The van der Waals surface area contributed by atoms with Crippen molar-refractivity contribution in [3.05, 3.63) is 63.5 Å². The molecule has 0 spiro atoms. The third-order valence-electron chi connectivity index (χ3n) is 4.67. The molecule has 9 heteroatoms. The van der Waals surface area contributed by atoms with E-state index in [-0.39, 0.29) is 16.6 Å². The molecule has 0 aliphatic carbocycles. The van der Waals surface area contributed by atoms with E-state index in [1.807, 2.05) is 30.5 Å². The summed E-state index contributed by atoms with van der Waals surface area (Å²) >= 11 is 1.60. The molecule has 28 heavy (non-hydrogen) atoms. The van der Waals surface area contributed by atoms with Gasteiger partial charge < -0.3 is 5.32 Å². The number of aryl methyl sites for hydroxylation is 2. The van der Waals surface area contributed by atoms with Crippen LogP contribution in [0, 0.1) is 6.92 Å². The van der Waals surface area contributed by atoms with Crippen molar-refractivity contribution in [2.75, 3.05) is 5.32 Å². The van der Waals surface area contributed by atoms with Crippen LogP contribution >= 0.6 is 11.3 Å². The van der Waals surface area contributed by atoms with E-state index in [1.165, 1.54) is 0 Å². The summed E-state index contributed by atoms with van der Waals surface area (Å²) in [6, 6.07) is 10.7. The van der Waals surface area contributed by atoms with Gasteiger partial charge in [-0.1, -0.05) is 18.2 Å². The van der Waals surface area contributed by atoms with E-state index >= 15 is 0 Å². The second kappa shape index (κ2) is 7.50. The van der Waals surface area contributed by atoms with Gasteiger partial charge in [0.1, 0.15) is 5.37 Å². The lowest BCUT2D eigenvalue weighted by molar-refractivity contribution is -0.116. The number of aromatic nitrogens is 2. The summed E-state index contributed by atoms with van der Waals surface area (Å²) in [4.78, 5) is 13.7. The first-order valence-electron chi connectivity index (χ1n) is 8.88. The van der Waals surface area contributed by atoms with Crippen LogP contribution in [0.3, 0.4) is 0 Å². The highest BCUT2D eigenvalue weighted by Gasteiger charge is 2.38. The van der Waals surface area contributed by atoms with E-state index in [9.17, 15) is 13.2 Å². The molecule has 3 heterocycles. The van der Waals surface area contributed by atoms with Crippen molar-refractivity contribution >= 4 is 32.9 Å². The molecule has 7 nitrogen and oxygen atoms in total. The van der Waals surface area contributed by atoms with E-state index in [1.54, 1.807) is 29.5 Å².